The van der Waals surface area contributed by atoms with Crippen LogP contribution in [-0.2, 0) is 0 Å². The number of rotatable bonds is 0. The number of hydrogen-bond donors (Lipinski definition) is 1. The highest BCUT2D eigenvalue weighted by atomic mass is 127. The first-order valence-corrected chi connectivity index (χ1v) is 5.39. The van der Waals surface area contributed by atoms with E-state index in [4.69, 9.17) is 0 Å². The fourth-order valence-electron chi connectivity index (χ4n) is 1.08. The van der Waals surface area contributed by atoms with E-state index in [1.807, 2.05) is 34.7 Å². The lowest BCUT2D eigenvalue weighted by atomic mass is 10.2. The third-order valence-corrected chi connectivity index (χ3v) is 2.91. The molecule has 0 bridgehead atoms. The molecule has 0 aliphatic heterocycles. The molecule has 0 atom stereocenters. The van der Waals surface area contributed by atoms with Crippen LogP contribution < -0.4 is 5.43 Å². The lowest BCUT2D eigenvalue weighted by Gasteiger charge is -1.97. The summed E-state index contributed by atoms with van der Waals surface area (Å²) in [6.07, 6.45) is 0. The van der Waals surface area contributed by atoms with Crippen molar-refractivity contribution in [3.05, 3.63) is 36.6 Å². The van der Waals surface area contributed by atoms with Gasteiger partial charge in [-0.15, -0.1) is 0 Å². The number of fused-ring (bicyclic) bond motifs is 1. The van der Waals surface area contributed by atoms with Crippen molar-refractivity contribution >= 4 is 49.4 Å². The standard InChI is InChI=1S/C8H4BrIN2O/c9-4-1-2-5-6(3-4)11-12-8(10)7(5)13/h1-3H,(H,11,13). The second kappa shape index (κ2) is 3.38. The first-order chi connectivity index (χ1) is 6.18. The average molecular weight is 351 g/mol. The molecule has 1 aromatic heterocycles. The van der Waals surface area contributed by atoms with Crippen molar-refractivity contribution in [1.29, 1.82) is 0 Å². The number of nitrogens with one attached hydrogen (secondary N) is 1. The second-order valence-corrected chi connectivity index (χ2v) is 4.47. The van der Waals surface area contributed by atoms with Gasteiger partial charge >= 0.3 is 0 Å². The van der Waals surface area contributed by atoms with Gasteiger partial charge in [-0.2, -0.15) is 5.10 Å². The number of nitrogens with zero attached hydrogens (tertiary/aromatic N) is 1. The van der Waals surface area contributed by atoms with Crippen molar-refractivity contribution in [2.24, 2.45) is 0 Å². The number of halogens is 2. The smallest absolute Gasteiger partial charge is 0.221 e. The minimum absolute atomic E-state index is 0.0261. The molecule has 0 aliphatic rings. The van der Waals surface area contributed by atoms with Crippen molar-refractivity contribution in [2.45, 2.75) is 0 Å². The van der Waals surface area contributed by atoms with Crippen LogP contribution in [0.3, 0.4) is 0 Å². The van der Waals surface area contributed by atoms with Crippen LogP contribution in [0.4, 0.5) is 0 Å². The topological polar surface area (TPSA) is 45.8 Å². The molecule has 0 amide bonds. The van der Waals surface area contributed by atoms with Crippen LogP contribution in [-0.4, -0.2) is 10.2 Å². The minimum Gasteiger partial charge on any atom is -0.286 e. The summed E-state index contributed by atoms with van der Waals surface area (Å²) in [5.41, 5.74) is 0.724. The van der Waals surface area contributed by atoms with Gasteiger partial charge in [0, 0.05) is 9.86 Å². The first-order valence-electron chi connectivity index (χ1n) is 3.52. The molecule has 0 saturated heterocycles. The molecule has 2 aromatic rings. The maximum absolute atomic E-state index is 11.5. The maximum atomic E-state index is 11.5. The van der Waals surface area contributed by atoms with Gasteiger partial charge in [-0.05, 0) is 40.8 Å². The molecular weight excluding hydrogens is 347 g/mol. The summed E-state index contributed by atoms with van der Waals surface area (Å²) >= 11 is 5.24. The molecule has 13 heavy (non-hydrogen) atoms. The van der Waals surface area contributed by atoms with Crippen LogP contribution in [0.25, 0.3) is 10.9 Å². The second-order valence-electron chi connectivity index (χ2n) is 2.53. The number of benzene rings is 1. The third kappa shape index (κ3) is 1.62. The van der Waals surface area contributed by atoms with E-state index in [0.717, 1.165) is 9.99 Å². The zero-order valence-corrected chi connectivity index (χ0v) is 10.1. The predicted molar refractivity (Wildman–Crippen MR) is 62.8 cm³/mol. The van der Waals surface area contributed by atoms with Crippen LogP contribution in [0, 0.1) is 3.70 Å². The average Bonchev–Trinajstić information content (AvgIpc) is 2.12. The lowest BCUT2D eigenvalue weighted by molar-refractivity contribution is 1.03. The summed E-state index contributed by atoms with van der Waals surface area (Å²) in [6.45, 7) is 0. The van der Waals surface area contributed by atoms with E-state index in [9.17, 15) is 4.79 Å². The molecule has 0 saturated carbocycles. The summed E-state index contributed by atoms with van der Waals surface area (Å²) in [7, 11) is 0. The van der Waals surface area contributed by atoms with Gasteiger partial charge in [-0.3, -0.25) is 9.89 Å². The van der Waals surface area contributed by atoms with Gasteiger partial charge in [0.1, 0.15) is 0 Å². The van der Waals surface area contributed by atoms with Gasteiger partial charge in [0.05, 0.1) is 5.52 Å². The van der Waals surface area contributed by atoms with Crippen molar-refractivity contribution in [3.63, 3.8) is 0 Å². The minimum atomic E-state index is -0.0261. The van der Waals surface area contributed by atoms with Crippen LogP contribution in [0.1, 0.15) is 0 Å². The highest BCUT2D eigenvalue weighted by Crippen LogP contribution is 2.15. The Bertz CT molecular complexity index is 523. The highest BCUT2D eigenvalue weighted by Gasteiger charge is 2.03. The normalized spacial score (nSPS) is 10.6. The van der Waals surface area contributed by atoms with E-state index >= 15 is 0 Å². The van der Waals surface area contributed by atoms with Crippen molar-refractivity contribution in [3.8, 4) is 0 Å². The Morgan fingerprint density at radius 1 is 1.46 bits per heavy atom. The van der Waals surface area contributed by atoms with Gasteiger partial charge in [0.15, 0.2) is 3.70 Å². The Hall–Kier alpha value is -0.430. The van der Waals surface area contributed by atoms with E-state index in [0.29, 0.717) is 9.09 Å². The van der Waals surface area contributed by atoms with Crippen LogP contribution in [0.15, 0.2) is 27.5 Å². The Labute approximate surface area is 95.8 Å². The van der Waals surface area contributed by atoms with Crippen LogP contribution in [0.2, 0.25) is 0 Å². The van der Waals surface area contributed by atoms with Gasteiger partial charge < -0.3 is 0 Å². The monoisotopic (exact) mass is 350 g/mol. The van der Waals surface area contributed by atoms with Gasteiger partial charge in [-0.1, -0.05) is 15.9 Å². The number of hydrogen-bond acceptors (Lipinski definition) is 2. The van der Waals surface area contributed by atoms with Crippen molar-refractivity contribution in [1.82, 2.24) is 10.2 Å². The lowest BCUT2D eigenvalue weighted by Crippen LogP contribution is -2.09. The summed E-state index contributed by atoms with van der Waals surface area (Å²) < 4.78 is 1.39. The van der Waals surface area contributed by atoms with Gasteiger partial charge in [0.25, 0.3) is 0 Å². The van der Waals surface area contributed by atoms with Crippen LogP contribution in [0.5, 0.6) is 0 Å². The predicted octanol–water partition coefficient (Wildman–Crippen LogP) is 2.29. The molecule has 0 fully saturated rings. The molecule has 1 N–H and O–H groups in total. The molecule has 1 heterocycles. The molecule has 0 spiro atoms. The SMILES string of the molecule is O=c1c(I)n[nH]c2cc(Br)ccc12. The Morgan fingerprint density at radius 2 is 2.23 bits per heavy atom. The summed E-state index contributed by atoms with van der Waals surface area (Å²) in [5, 5.41) is 7.36. The van der Waals surface area contributed by atoms with Gasteiger partial charge in [-0.25, -0.2) is 0 Å². The molecule has 66 valence electrons. The third-order valence-electron chi connectivity index (χ3n) is 1.69. The molecule has 5 heteroatoms. The highest BCUT2D eigenvalue weighted by molar-refractivity contribution is 14.1. The van der Waals surface area contributed by atoms with E-state index in [-0.39, 0.29) is 5.43 Å². The molecule has 2 rings (SSSR count). The van der Waals surface area contributed by atoms with Crippen LogP contribution >= 0.6 is 38.5 Å². The summed E-state index contributed by atoms with van der Waals surface area (Å²) in [4.78, 5) is 11.5. The molecular formula is C8H4BrIN2O. The fraction of sp³-hybridized carbons (Fsp3) is 0. The Balaban J connectivity index is 2.95. The number of aromatic nitrogens is 2. The maximum Gasteiger partial charge on any atom is 0.221 e. The summed E-state index contributed by atoms with van der Waals surface area (Å²) in [5.74, 6) is 0. The molecule has 0 aliphatic carbocycles. The summed E-state index contributed by atoms with van der Waals surface area (Å²) in [6, 6.07) is 5.45. The first kappa shape index (κ1) is 9.14. The Kier molecular flexibility index (Phi) is 2.37. The quantitative estimate of drug-likeness (QED) is 0.741. The van der Waals surface area contributed by atoms with E-state index in [1.165, 1.54) is 0 Å². The molecule has 0 unspecified atom stereocenters. The van der Waals surface area contributed by atoms with E-state index in [1.54, 1.807) is 6.07 Å². The van der Waals surface area contributed by atoms with E-state index in [2.05, 4.69) is 26.1 Å². The zero-order valence-electron chi connectivity index (χ0n) is 6.34. The Morgan fingerprint density at radius 3 is 3.00 bits per heavy atom. The van der Waals surface area contributed by atoms with E-state index < -0.39 is 0 Å². The van der Waals surface area contributed by atoms with Gasteiger partial charge in [0.2, 0.25) is 5.43 Å². The largest absolute Gasteiger partial charge is 0.286 e. The zero-order chi connectivity index (χ0) is 9.42. The number of H-pyrrole nitrogens is 1. The van der Waals surface area contributed by atoms with Crippen molar-refractivity contribution in [2.75, 3.05) is 0 Å². The molecule has 1 aromatic carbocycles. The molecule has 3 nitrogen and oxygen atoms in total. The fourth-order valence-corrected chi connectivity index (χ4v) is 1.85. The van der Waals surface area contributed by atoms with Crippen molar-refractivity contribution < 1.29 is 0 Å². The molecule has 0 radical (unpaired) electrons. The number of aromatic amines is 1.